The number of carboxylic acids is 1. The first-order valence-electron chi connectivity index (χ1n) is 14.8. The first-order valence-corrected chi connectivity index (χ1v) is 16.2. The molecule has 0 unspecified atom stereocenters. The van der Waals surface area contributed by atoms with Gasteiger partial charge in [-0.25, -0.2) is 0 Å². The Kier molecular flexibility index (Phi) is 6.56. The minimum Gasteiger partial charge on any atom is -0.481 e. The van der Waals surface area contributed by atoms with E-state index in [1.807, 2.05) is 20.8 Å². The summed E-state index contributed by atoms with van der Waals surface area (Å²) in [6.07, 6.45) is 8.66. The van der Waals surface area contributed by atoms with E-state index in [2.05, 4.69) is 27.4 Å². The molecule has 226 valence electrons. The van der Waals surface area contributed by atoms with Gasteiger partial charge >= 0.3 is 21.6 Å². The highest BCUT2D eigenvalue weighted by Gasteiger charge is 2.72. The molecule has 5 aliphatic carbocycles. The van der Waals surface area contributed by atoms with Gasteiger partial charge < -0.3 is 9.29 Å². The van der Waals surface area contributed by atoms with E-state index in [1.54, 1.807) is 6.08 Å². The third-order valence-corrected chi connectivity index (χ3v) is 14.4. The highest BCUT2D eigenvalue weighted by molar-refractivity contribution is 7.87. The zero-order valence-electron chi connectivity index (χ0n) is 24.7. The molecule has 0 aromatic rings. The fraction of sp³-hybridized carbons (Fsp3) is 0.839. The van der Waals surface area contributed by atoms with Gasteiger partial charge in [0.05, 0.1) is 5.41 Å². The molecule has 5 rings (SSSR count). The van der Waals surface area contributed by atoms with E-state index in [0.29, 0.717) is 19.3 Å². The van der Waals surface area contributed by atoms with Crippen LogP contribution in [0.4, 0.5) is 13.2 Å². The third kappa shape index (κ3) is 3.70. The summed E-state index contributed by atoms with van der Waals surface area (Å²) in [5.41, 5.74) is -6.36. The van der Waals surface area contributed by atoms with Crippen molar-refractivity contribution in [1.29, 1.82) is 0 Å². The van der Waals surface area contributed by atoms with Gasteiger partial charge in [-0.05, 0) is 117 Å². The van der Waals surface area contributed by atoms with Crippen molar-refractivity contribution in [3.63, 3.8) is 0 Å². The predicted octanol–water partition coefficient (Wildman–Crippen LogP) is 8.09. The third-order valence-electron chi connectivity index (χ3n) is 13.5. The normalized spacial score (nSPS) is 46.2. The van der Waals surface area contributed by atoms with Crippen LogP contribution in [-0.2, 0) is 19.1 Å². The predicted molar refractivity (Wildman–Crippen MR) is 146 cm³/mol. The maximum Gasteiger partial charge on any atom is 0.534 e. The molecule has 0 saturated heterocycles. The van der Waals surface area contributed by atoms with Crippen LogP contribution in [0.1, 0.15) is 99.3 Å². The second-order valence-electron chi connectivity index (χ2n) is 15.1. The Hall–Kier alpha value is -1.51. The summed E-state index contributed by atoms with van der Waals surface area (Å²) in [4.78, 5) is 12.8. The Balaban J connectivity index is 1.52. The minimum atomic E-state index is -5.74. The quantitative estimate of drug-likeness (QED) is 0.205. The topological polar surface area (TPSA) is 80.7 Å². The first kappa shape index (κ1) is 30.0. The standard InChI is InChI=1S/C31H45F3O5S/c1-18(2)19-10-15-30(25(35)36)17-16-28(6)20(24(19)30)8-9-22-27(5)13-12-23(39-40(37,38)31(32,33)34)26(3,4)21(27)11-14-29(22,28)7/h12,19-22,24H,1,8-11,13-17H2,2-7H3,(H,35,36)/t19-,20+,21-,22+,24+,27-,28+,29+,30-/m0/s1. The van der Waals surface area contributed by atoms with Crippen molar-refractivity contribution in [2.45, 2.75) is 105 Å². The van der Waals surface area contributed by atoms with Crippen molar-refractivity contribution in [1.82, 2.24) is 0 Å². The molecule has 5 aliphatic rings. The highest BCUT2D eigenvalue weighted by Crippen LogP contribution is 2.77. The van der Waals surface area contributed by atoms with Crippen LogP contribution in [0.2, 0.25) is 0 Å². The molecule has 0 aromatic heterocycles. The average molecular weight is 587 g/mol. The summed E-state index contributed by atoms with van der Waals surface area (Å²) < 4.78 is 68.2. The van der Waals surface area contributed by atoms with Gasteiger partial charge in [-0.2, -0.15) is 21.6 Å². The first-order chi connectivity index (χ1) is 18.2. The molecule has 1 N–H and O–H groups in total. The second kappa shape index (κ2) is 8.76. The van der Waals surface area contributed by atoms with Gasteiger partial charge in [0.2, 0.25) is 0 Å². The van der Waals surface area contributed by atoms with Crippen LogP contribution in [0.3, 0.4) is 0 Å². The summed E-state index contributed by atoms with van der Waals surface area (Å²) in [5.74, 6) is 0.0170. The number of carboxylic acid groups (broad SMARTS) is 1. The van der Waals surface area contributed by atoms with Crippen LogP contribution in [-0.4, -0.2) is 25.0 Å². The number of rotatable bonds is 4. The molecule has 0 amide bonds. The molecule has 40 heavy (non-hydrogen) atoms. The smallest absolute Gasteiger partial charge is 0.481 e. The Morgan fingerprint density at radius 3 is 2.20 bits per heavy atom. The van der Waals surface area contributed by atoms with Gasteiger partial charge in [0.25, 0.3) is 0 Å². The Morgan fingerprint density at radius 2 is 1.62 bits per heavy atom. The Labute approximate surface area is 237 Å². The number of fused-ring (bicyclic) bond motifs is 7. The number of alkyl halides is 3. The summed E-state index contributed by atoms with van der Waals surface area (Å²) in [7, 11) is -5.74. The van der Waals surface area contributed by atoms with E-state index < -0.39 is 32.4 Å². The van der Waals surface area contributed by atoms with Crippen molar-refractivity contribution in [3.8, 4) is 0 Å². The Bertz CT molecular complexity index is 1250. The van der Waals surface area contributed by atoms with Crippen LogP contribution >= 0.6 is 0 Å². The van der Waals surface area contributed by atoms with Crippen LogP contribution in [0.5, 0.6) is 0 Å². The number of allylic oxidation sites excluding steroid dienone is 3. The lowest BCUT2D eigenvalue weighted by atomic mass is 9.32. The molecule has 0 spiro atoms. The van der Waals surface area contributed by atoms with E-state index >= 15 is 0 Å². The Morgan fingerprint density at radius 1 is 0.975 bits per heavy atom. The van der Waals surface area contributed by atoms with Gasteiger partial charge in [-0.3, -0.25) is 4.79 Å². The maximum atomic E-state index is 13.2. The molecule has 9 atom stereocenters. The molecule has 0 aliphatic heterocycles. The number of halogens is 3. The summed E-state index contributed by atoms with van der Waals surface area (Å²) in [5, 5.41) is 10.5. The van der Waals surface area contributed by atoms with Gasteiger partial charge in [-0.15, -0.1) is 0 Å². The lowest BCUT2D eigenvalue weighted by molar-refractivity contribution is -0.230. The van der Waals surface area contributed by atoms with Crippen LogP contribution in [0, 0.1) is 56.7 Å². The second-order valence-corrected chi connectivity index (χ2v) is 16.7. The van der Waals surface area contributed by atoms with Gasteiger partial charge in [0.15, 0.2) is 0 Å². The average Bonchev–Trinajstić information content (AvgIpc) is 3.22. The van der Waals surface area contributed by atoms with E-state index in [-0.39, 0.29) is 51.6 Å². The molecule has 4 fully saturated rings. The lowest BCUT2D eigenvalue weighted by Gasteiger charge is -2.72. The highest BCUT2D eigenvalue weighted by atomic mass is 32.2. The van der Waals surface area contributed by atoms with Crippen molar-refractivity contribution in [2.24, 2.45) is 56.7 Å². The van der Waals surface area contributed by atoms with Gasteiger partial charge in [0.1, 0.15) is 5.76 Å². The van der Waals surface area contributed by atoms with Crippen molar-refractivity contribution in [3.05, 3.63) is 24.0 Å². The fourth-order valence-corrected chi connectivity index (χ4v) is 12.0. The molecular formula is C31H45F3O5S. The van der Waals surface area contributed by atoms with Crippen LogP contribution in [0.15, 0.2) is 24.0 Å². The largest absolute Gasteiger partial charge is 0.534 e. The molecule has 5 nitrogen and oxygen atoms in total. The van der Waals surface area contributed by atoms with Gasteiger partial charge in [-0.1, -0.05) is 46.8 Å². The number of hydrogen-bond donors (Lipinski definition) is 1. The zero-order chi connectivity index (χ0) is 29.9. The monoisotopic (exact) mass is 586 g/mol. The molecule has 9 heteroatoms. The van der Waals surface area contributed by atoms with Crippen LogP contribution in [0.25, 0.3) is 0 Å². The molecular weight excluding hydrogens is 541 g/mol. The van der Waals surface area contributed by atoms with Crippen molar-refractivity contribution in [2.75, 3.05) is 0 Å². The summed E-state index contributed by atoms with van der Waals surface area (Å²) >= 11 is 0. The number of aliphatic carboxylic acids is 1. The number of hydrogen-bond acceptors (Lipinski definition) is 4. The molecule has 0 aromatic carbocycles. The summed E-state index contributed by atoms with van der Waals surface area (Å²) in [6, 6.07) is 0. The van der Waals surface area contributed by atoms with E-state index in [1.165, 1.54) is 0 Å². The van der Waals surface area contributed by atoms with Crippen molar-refractivity contribution >= 4 is 16.1 Å². The lowest BCUT2D eigenvalue weighted by Crippen LogP contribution is -2.66. The molecule has 0 bridgehead atoms. The van der Waals surface area contributed by atoms with Crippen LogP contribution < -0.4 is 0 Å². The molecule has 0 radical (unpaired) electrons. The van der Waals surface area contributed by atoms with E-state index in [0.717, 1.165) is 44.1 Å². The minimum absolute atomic E-state index is 0.0435. The number of carbonyl (C=O) groups is 1. The zero-order valence-corrected chi connectivity index (χ0v) is 25.5. The fourth-order valence-electron chi connectivity index (χ4n) is 11.4. The molecule has 4 saturated carbocycles. The van der Waals surface area contributed by atoms with Gasteiger partial charge in [0, 0.05) is 5.41 Å². The SMILES string of the molecule is C=C(C)[C@@H]1CC[C@]2(C(=O)O)CC[C@]3(C)[C@H](CC[C@@H]4[C@@]5(C)CC=C(OS(=O)(=O)C(F)(F)F)C(C)(C)[C@@H]5CC[C@]43C)[C@@H]12. The molecule has 0 heterocycles. The maximum absolute atomic E-state index is 13.2. The van der Waals surface area contributed by atoms with E-state index in [4.69, 9.17) is 4.18 Å². The van der Waals surface area contributed by atoms with E-state index in [9.17, 15) is 31.5 Å². The summed E-state index contributed by atoms with van der Waals surface area (Å²) in [6.45, 7) is 17.0. The van der Waals surface area contributed by atoms with Crippen molar-refractivity contribution < 1.29 is 35.7 Å².